The molecule has 4 rings (SSSR count). The van der Waals surface area contributed by atoms with Crippen LogP contribution < -0.4 is 5.32 Å². The number of rotatable bonds is 5. The van der Waals surface area contributed by atoms with Gasteiger partial charge in [-0.3, -0.25) is 9.59 Å². The molecule has 4 aromatic rings. The standard InChI is InChI=1S/C22H19BrN4O4/c1-12-9-14(23)6-7-16(12)24-19(28)11-27(3)22(29)15-10-17(18-5-4-8-30-18)25-21-20(15)13(2)26-31-21/h4-10H,11H2,1-3H3,(H,24,28). The van der Waals surface area contributed by atoms with Crippen LogP contribution in [0, 0.1) is 13.8 Å². The number of pyridine rings is 1. The number of aromatic nitrogens is 2. The van der Waals surface area contributed by atoms with Gasteiger partial charge in [0.2, 0.25) is 5.91 Å². The van der Waals surface area contributed by atoms with E-state index in [-0.39, 0.29) is 24.1 Å². The Morgan fingerprint density at radius 3 is 2.71 bits per heavy atom. The van der Waals surface area contributed by atoms with Crippen molar-refractivity contribution < 1.29 is 18.5 Å². The van der Waals surface area contributed by atoms with E-state index in [0.717, 1.165) is 10.0 Å². The maximum absolute atomic E-state index is 13.2. The number of likely N-dealkylation sites (N-methyl/N-ethyl adjacent to an activating group) is 1. The van der Waals surface area contributed by atoms with Crippen molar-refractivity contribution in [2.24, 2.45) is 0 Å². The molecule has 0 aliphatic carbocycles. The molecular weight excluding hydrogens is 464 g/mol. The van der Waals surface area contributed by atoms with Gasteiger partial charge in [-0.25, -0.2) is 4.98 Å². The molecule has 0 saturated heterocycles. The first-order chi connectivity index (χ1) is 14.8. The normalized spacial score (nSPS) is 11.0. The number of nitrogens with zero attached hydrogens (tertiary/aromatic N) is 3. The molecule has 0 saturated carbocycles. The topological polar surface area (TPSA) is 101 Å². The molecule has 3 aromatic heterocycles. The van der Waals surface area contributed by atoms with Gasteiger partial charge in [0.1, 0.15) is 5.69 Å². The fourth-order valence-electron chi connectivity index (χ4n) is 3.26. The van der Waals surface area contributed by atoms with E-state index in [2.05, 4.69) is 31.4 Å². The van der Waals surface area contributed by atoms with Gasteiger partial charge in [0, 0.05) is 17.2 Å². The minimum absolute atomic E-state index is 0.126. The zero-order valence-electron chi connectivity index (χ0n) is 17.1. The maximum Gasteiger partial charge on any atom is 0.259 e. The second-order valence-corrected chi connectivity index (χ2v) is 8.06. The molecule has 0 aliphatic rings. The van der Waals surface area contributed by atoms with Crippen LogP contribution in [0.15, 0.2) is 56.1 Å². The predicted octanol–water partition coefficient (Wildman–Crippen LogP) is 4.57. The summed E-state index contributed by atoms with van der Waals surface area (Å²) in [6.07, 6.45) is 1.52. The highest BCUT2D eigenvalue weighted by atomic mass is 79.9. The summed E-state index contributed by atoms with van der Waals surface area (Å²) in [5.41, 5.74) is 3.16. The Hall–Kier alpha value is -3.46. The Morgan fingerprint density at radius 2 is 2.00 bits per heavy atom. The predicted molar refractivity (Wildman–Crippen MR) is 119 cm³/mol. The number of halogens is 1. The summed E-state index contributed by atoms with van der Waals surface area (Å²) in [5, 5.41) is 7.28. The molecule has 9 heteroatoms. The smallest absolute Gasteiger partial charge is 0.259 e. The zero-order chi connectivity index (χ0) is 22.1. The van der Waals surface area contributed by atoms with Crippen molar-refractivity contribution in [2.75, 3.05) is 18.9 Å². The monoisotopic (exact) mass is 482 g/mol. The van der Waals surface area contributed by atoms with Crippen molar-refractivity contribution in [1.82, 2.24) is 15.0 Å². The van der Waals surface area contributed by atoms with Crippen LogP contribution in [-0.4, -0.2) is 40.4 Å². The molecule has 0 aliphatic heterocycles. The third-order valence-corrected chi connectivity index (χ3v) is 5.30. The van der Waals surface area contributed by atoms with Crippen LogP contribution in [-0.2, 0) is 4.79 Å². The highest BCUT2D eigenvalue weighted by molar-refractivity contribution is 9.10. The van der Waals surface area contributed by atoms with E-state index < -0.39 is 0 Å². The summed E-state index contributed by atoms with van der Waals surface area (Å²) in [7, 11) is 1.57. The lowest BCUT2D eigenvalue weighted by molar-refractivity contribution is -0.116. The quantitative estimate of drug-likeness (QED) is 0.446. The van der Waals surface area contributed by atoms with Crippen LogP contribution in [0.25, 0.3) is 22.6 Å². The van der Waals surface area contributed by atoms with E-state index in [9.17, 15) is 9.59 Å². The molecule has 1 N–H and O–H groups in total. The Kier molecular flexibility index (Phi) is 5.60. The summed E-state index contributed by atoms with van der Waals surface area (Å²) >= 11 is 3.40. The van der Waals surface area contributed by atoms with Gasteiger partial charge in [0.25, 0.3) is 11.6 Å². The van der Waals surface area contributed by atoms with Crippen molar-refractivity contribution in [3.05, 3.63) is 64.0 Å². The lowest BCUT2D eigenvalue weighted by atomic mass is 10.1. The number of benzene rings is 1. The van der Waals surface area contributed by atoms with Crippen molar-refractivity contribution in [3.8, 4) is 11.5 Å². The summed E-state index contributed by atoms with van der Waals surface area (Å²) in [6, 6.07) is 10.7. The second kappa shape index (κ2) is 8.35. The minimum Gasteiger partial charge on any atom is -0.463 e. The fraction of sp³-hybridized carbons (Fsp3) is 0.182. The van der Waals surface area contributed by atoms with Crippen LogP contribution in [0.2, 0.25) is 0 Å². The highest BCUT2D eigenvalue weighted by Crippen LogP contribution is 2.28. The minimum atomic E-state index is -0.353. The van der Waals surface area contributed by atoms with E-state index in [1.54, 1.807) is 32.2 Å². The summed E-state index contributed by atoms with van der Waals surface area (Å²) in [6.45, 7) is 3.51. The number of anilines is 1. The van der Waals surface area contributed by atoms with Crippen LogP contribution in [0.4, 0.5) is 5.69 Å². The van der Waals surface area contributed by atoms with Crippen molar-refractivity contribution in [3.63, 3.8) is 0 Å². The van der Waals surface area contributed by atoms with E-state index in [4.69, 9.17) is 8.94 Å². The van der Waals surface area contributed by atoms with Gasteiger partial charge in [0.15, 0.2) is 5.76 Å². The number of nitrogens with one attached hydrogen (secondary N) is 1. The molecule has 0 bridgehead atoms. The molecule has 0 atom stereocenters. The molecule has 0 radical (unpaired) electrons. The second-order valence-electron chi connectivity index (χ2n) is 7.15. The first-order valence-corrected chi connectivity index (χ1v) is 10.2. The number of aryl methyl sites for hydroxylation is 2. The average molecular weight is 483 g/mol. The van der Waals surface area contributed by atoms with Gasteiger partial charge < -0.3 is 19.2 Å². The number of furan rings is 1. The molecule has 8 nitrogen and oxygen atoms in total. The molecule has 2 amide bonds. The van der Waals surface area contributed by atoms with Crippen molar-refractivity contribution >= 4 is 44.5 Å². The average Bonchev–Trinajstić information content (AvgIpc) is 3.39. The van der Waals surface area contributed by atoms with Gasteiger partial charge in [-0.05, 0) is 55.8 Å². The number of fused-ring (bicyclic) bond motifs is 1. The van der Waals surface area contributed by atoms with Gasteiger partial charge in [-0.2, -0.15) is 0 Å². The van der Waals surface area contributed by atoms with Crippen LogP contribution >= 0.6 is 15.9 Å². The molecule has 158 valence electrons. The SMILES string of the molecule is Cc1cc(Br)ccc1NC(=O)CN(C)C(=O)c1cc(-c2ccco2)nc2onc(C)c12. The summed E-state index contributed by atoms with van der Waals surface area (Å²) < 4.78 is 11.6. The van der Waals surface area contributed by atoms with Crippen LogP contribution in [0.1, 0.15) is 21.6 Å². The first-order valence-electron chi connectivity index (χ1n) is 9.46. The van der Waals surface area contributed by atoms with E-state index in [1.165, 1.54) is 11.2 Å². The van der Waals surface area contributed by atoms with Gasteiger partial charge in [0.05, 0.1) is 29.5 Å². The van der Waals surface area contributed by atoms with Crippen molar-refractivity contribution in [2.45, 2.75) is 13.8 Å². The van der Waals surface area contributed by atoms with E-state index in [0.29, 0.717) is 33.8 Å². The largest absolute Gasteiger partial charge is 0.463 e. The molecular formula is C22H19BrN4O4. The number of carbonyl (C=O) groups excluding carboxylic acids is 2. The number of hydrogen-bond donors (Lipinski definition) is 1. The van der Waals surface area contributed by atoms with Crippen LogP contribution in [0.3, 0.4) is 0 Å². The third-order valence-electron chi connectivity index (χ3n) is 4.81. The number of carbonyl (C=O) groups is 2. The highest BCUT2D eigenvalue weighted by Gasteiger charge is 2.23. The molecule has 0 spiro atoms. The maximum atomic E-state index is 13.2. The van der Waals surface area contributed by atoms with Gasteiger partial charge >= 0.3 is 0 Å². The Bertz CT molecular complexity index is 1280. The molecule has 0 unspecified atom stereocenters. The summed E-state index contributed by atoms with van der Waals surface area (Å²) in [4.78, 5) is 31.5. The van der Waals surface area contributed by atoms with Crippen molar-refractivity contribution in [1.29, 1.82) is 0 Å². The van der Waals surface area contributed by atoms with Gasteiger partial charge in [-0.15, -0.1) is 0 Å². The molecule has 3 heterocycles. The molecule has 1 aromatic carbocycles. The molecule has 31 heavy (non-hydrogen) atoms. The Labute approximate surface area is 186 Å². The van der Waals surface area contributed by atoms with E-state index in [1.807, 2.05) is 25.1 Å². The Morgan fingerprint density at radius 1 is 1.19 bits per heavy atom. The zero-order valence-corrected chi connectivity index (χ0v) is 18.7. The molecule has 0 fully saturated rings. The lowest BCUT2D eigenvalue weighted by Gasteiger charge is -2.18. The summed E-state index contributed by atoms with van der Waals surface area (Å²) in [5.74, 6) is -0.162. The van der Waals surface area contributed by atoms with Gasteiger partial charge in [-0.1, -0.05) is 21.1 Å². The number of amides is 2. The fourth-order valence-corrected chi connectivity index (χ4v) is 3.74. The number of hydrogen-bond acceptors (Lipinski definition) is 6. The third kappa shape index (κ3) is 4.22. The van der Waals surface area contributed by atoms with Crippen LogP contribution in [0.5, 0.6) is 0 Å². The first kappa shape index (κ1) is 20.8. The van der Waals surface area contributed by atoms with E-state index >= 15 is 0 Å². The Balaban J connectivity index is 1.59. The lowest BCUT2D eigenvalue weighted by Crippen LogP contribution is -2.35.